The second-order valence-electron chi connectivity index (χ2n) is 4.66. The van der Waals surface area contributed by atoms with Gasteiger partial charge in [0, 0.05) is 22.6 Å². The Labute approximate surface area is 121 Å². The Morgan fingerprint density at radius 2 is 2.11 bits per heavy atom. The monoisotopic (exact) mass is 329 g/mol. The highest BCUT2D eigenvalue weighted by Crippen LogP contribution is 2.27. The van der Waals surface area contributed by atoms with E-state index in [0.29, 0.717) is 16.6 Å². The molecule has 98 valence electrons. The lowest BCUT2D eigenvalue weighted by Gasteiger charge is -2.27. The lowest BCUT2D eigenvalue weighted by Crippen LogP contribution is -2.38. The van der Waals surface area contributed by atoms with Crippen molar-refractivity contribution in [2.24, 2.45) is 0 Å². The third-order valence-electron chi connectivity index (χ3n) is 3.53. The van der Waals surface area contributed by atoms with E-state index in [2.05, 4.69) is 15.9 Å². The molecule has 0 saturated heterocycles. The first-order valence-electron chi connectivity index (χ1n) is 6.39. The molecule has 18 heavy (non-hydrogen) atoms. The molecular weight excluding hydrogens is 314 g/mol. The fourth-order valence-corrected chi connectivity index (χ4v) is 3.01. The predicted octanol–water partition coefficient (Wildman–Crippen LogP) is 4.51. The molecular formula is C14H17BrClNO. The molecule has 1 saturated carbocycles. The molecule has 0 heterocycles. The van der Waals surface area contributed by atoms with E-state index in [1.54, 1.807) is 6.07 Å². The van der Waals surface area contributed by atoms with Gasteiger partial charge in [-0.25, -0.2) is 0 Å². The summed E-state index contributed by atoms with van der Waals surface area (Å²) in [5.41, 5.74) is 0.678. The van der Waals surface area contributed by atoms with Crippen LogP contribution >= 0.6 is 27.5 Å². The van der Waals surface area contributed by atoms with Gasteiger partial charge in [-0.3, -0.25) is 4.79 Å². The van der Waals surface area contributed by atoms with E-state index in [1.165, 1.54) is 12.8 Å². The zero-order chi connectivity index (χ0) is 13.1. The molecule has 0 spiro atoms. The minimum absolute atomic E-state index is 0.0961. The van der Waals surface area contributed by atoms with E-state index in [-0.39, 0.29) is 5.91 Å². The van der Waals surface area contributed by atoms with E-state index in [0.717, 1.165) is 23.9 Å². The lowest BCUT2D eigenvalue weighted by molar-refractivity contribution is 0.0693. The van der Waals surface area contributed by atoms with E-state index >= 15 is 0 Å². The number of hydrogen-bond donors (Lipinski definition) is 0. The van der Waals surface area contributed by atoms with Gasteiger partial charge in [0.25, 0.3) is 5.91 Å². The Morgan fingerprint density at radius 1 is 1.44 bits per heavy atom. The van der Waals surface area contributed by atoms with Crippen LogP contribution in [0.25, 0.3) is 0 Å². The molecule has 2 rings (SSSR count). The second-order valence-corrected chi connectivity index (χ2v) is 5.92. The van der Waals surface area contributed by atoms with E-state index < -0.39 is 0 Å². The first-order chi connectivity index (χ1) is 8.63. The molecule has 4 heteroatoms. The number of halogens is 2. The topological polar surface area (TPSA) is 20.3 Å². The highest BCUT2D eigenvalue weighted by Gasteiger charge is 2.26. The van der Waals surface area contributed by atoms with Gasteiger partial charge in [0.15, 0.2) is 0 Å². The van der Waals surface area contributed by atoms with Gasteiger partial charge in [-0.05, 0) is 53.9 Å². The number of nitrogens with zero attached hydrogens (tertiary/aromatic N) is 1. The maximum atomic E-state index is 12.5. The molecule has 1 aliphatic carbocycles. The Morgan fingerprint density at radius 3 is 2.67 bits per heavy atom. The van der Waals surface area contributed by atoms with Crippen molar-refractivity contribution in [1.29, 1.82) is 0 Å². The molecule has 1 fully saturated rings. The van der Waals surface area contributed by atoms with Crippen LogP contribution in [0, 0.1) is 0 Å². The van der Waals surface area contributed by atoms with Gasteiger partial charge < -0.3 is 4.90 Å². The molecule has 1 aromatic carbocycles. The van der Waals surface area contributed by atoms with Crippen LogP contribution in [-0.4, -0.2) is 23.4 Å². The minimum atomic E-state index is 0.0961. The summed E-state index contributed by atoms with van der Waals surface area (Å²) in [7, 11) is 0. The van der Waals surface area contributed by atoms with Gasteiger partial charge in [0.2, 0.25) is 0 Å². The maximum absolute atomic E-state index is 12.5. The molecule has 1 aliphatic rings. The van der Waals surface area contributed by atoms with Crippen LogP contribution in [0.3, 0.4) is 0 Å². The van der Waals surface area contributed by atoms with Crippen LogP contribution in [-0.2, 0) is 0 Å². The third kappa shape index (κ3) is 2.89. The van der Waals surface area contributed by atoms with Crippen molar-refractivity contribution in [2.75, 3.05) is 6.54 Å². The molecule has 0 bridgehead atoms. The summed E-state index contributed by atoms with van der Waals surface area (Å²) in [5, 5.41) is 0.586. The first-order valence-corrected chi connectivity index (χ1v) is 7.56. The maximum Gasteiger partial charge on any atom is 0.254 e. The average molecular weight is 331 g/mol. The van der Waals surface area contributed by atoms with Gasteiger partial charge in [-0.1, -0.05) is 24.4 Å². The summed E-state index contributed by atoms with van der Waals surface area (Å²) in [6.45, 7) is 2.80. The van der Waals surface area contributed by atoms with Crippen LogP contribution in [0.5, 0.6) is 0 Å². The molecule has 1 amide bonds. The standard InChI is InChI=1S/C14H17BrClNO/c1-2-17(11-5-3-4-6-11)14(18)10-7-8-12(15)13(16)9-10/h7-9,11H,2-6H2,1H3. The number of rotatable bonds is 3. The summed E-state index contributed by atoms with van der Waals surface area (Å²) in [5.74, 6) is 0.0961. The number of carbonyl (C=O) groups is 1. The number of benzene rings is 1. The van der Waals surface area contributed by atoms with Crippen molar-refractivity contribution < 1.29 is 4.79 Å². The summed E-state index contributed by atoms with van der Waals surface area (Å²) < 4.78 is 0.824. The summed E-state index contributed by atoms with van der Waals surface area (Å²) in [4.78, 5) is 14.5. The number of carbonyl (C=O) groups excluding carboxylic acids is 1. The van der Waals surface area contributed by atoms with Crippen molar-refractivity contribution in [3.63, 3.8) is 0 Å². The van der Waals surface area contributed by atoms with Gasteiger partial charge in [-0.2, -0.15) is 0 Å². The Balaban J connectivity index is 2.19. The molecule has 0 unspecified atom stereocenters. The zero-order valence-corrected chi connectivity index (χ0v) is 12.8. The fraction of sp³-hybridized carbons (Fsp3) is 0.500. The lowest BCUT2D eigenvalue weighted by atomic mass is 10.1. The minimum Gasteiger partial charge on any atom is -0.336 e. The zero-order valence-electron chi connectivity index (χ0n) is 10.5. The highest BCUT2D eigenvalue weighted by atomic mass is 79.9. The SMILES string of the molecule is CCN(C(=O)c1ccc(Br)c(Cl)c1)C1CCCC1. The average Bonchev–Trinajstić information content (AvgIpc) is 2.87. The van der Waals surface area contributed by atoms with Crippen LogP contribution in [0.4, 0.5) is 0 Å². The summed E-state index contributed by atoms with van der Waals surface area (Å²) >= 11 is 9.39. The highest BCUT2D eigenvalue weighted by molar-refractivity contribution is 9.10. The number of amides is 1. The first kappa shape index (κ1) is 13.9. The quantitative estimate of drug-likeness (QED) is 0.798. The molecule has 0 aromatic heterocycles. The van der Waals surface area contributed by atoms with Gasteiger partial charge in [0.1, 0.15) is 0 Å². The normalized spacial score (nSPS) is 15.9. The van der Waals surface area contributed by atoms with E-state index in [4.69, 9.17) is 11.6 Å². The molecule has 0 radical (unpaired) electrons. The smallest absolute Gasteiger partial charge is 0.254 e. The van der Waals surface area contributed by atoms with Gasteiger partial charge >= 0.3 is 0 Å². The molecule has 2 nitrogen and oxygen atoms in total. The second kappa shape index (κ2) is 6.07. The number of hydrogen-bond acceptors (Lipinski definition) is 1. The van der Waals surface area contributed by atoms with Crippen molar-refractivity contribution in [3.05, 3.63) is 33.3 Å². The molecule has 0 N–H and O–H groups in total. The Bertz CT molecular complexity index is 443. The van der Waals surface area contributed by atoms with E-state index in [9.17, 15) is 4.79 Å². The third-order valence-corrected chi connectivity index (χ3v) is 4.77. The van der Waals surface area contributed by atoms with Gasteiger partial charge in [0.05, 0.1) is 5.02 Å². The van der Waals surface area contributed by atoms with Crippen molar-refractivity contribution >= 4 is 33.4 Å². The predicted molar refractivity (Wildman–Crippen MR) is 78.1 cm³/mol. The Kier molecular flexibility index (Phi) is 4.68. The van der Waals surface area contributed by atoms with Crippen LogP contribution in [0.15, 0.2) is 22.7 Å². The fourth-order valence-electron chi connectivity index (χ4n) is 2.58. The van der Waals surface area contributed by atoms with Crippen molar-refractivity contribution in [1.82, 2.24) is 4.90 Å². The molecule has 0 atom stereocenters. The van der Waals surface area contributed by atoms with Crippen molar-refractivity contribution in [2.45, 2.75) is 38.6 Å². The van der Waals surface area contributed by atoms with Crippen LogP contribution in [0.2, 0.25) is 5.02 Å². The summed E-state index contributed by atoms with van der Waals surface area (Å²) in [6.07, 6.45) is 4.72. The van der Waals surface area contributed by atoms with Gasteiger partial charge in [-0.15, -0.1) is 0 Å². The molecule has 0 aliphatic heterocycles. The largest absolute Gasteiger partial charge is 0.336 e. The summed E-state index contributed by atoms with van der Waals surface area (Å²) in [6, 6.07) is 5.81. The molecule has 1 aromatic rings. The van der Waals surface area contributed by atoms with Crippen LogP contribution < -0.4 is 0 Å². The Hall–Kier alpha value is -0.540. The van der Waals surface area contributed by atoms with Crippen molar-refractivity contribution in [3.8, 4) is 0 Å². The van der Waals surface area contributed by atoms with E-state index in [1.807, 2.05) is 24.0 Å². The van der Waals surface area contributed by atoms with Crippen LogP contribution in [0.1, 0.15) is 43.0 Å².